The quantitative estimate of drug-likeness (QED) is 0.872. The van der Waals surface area contributed by atoms with Crippen LogP contribution in [0.15, 0.2) is 24.3 Å². The van der Waals surface area contributed by atoms with Crippen molar-refractivity contribution in [3.8, 4) is 0 Å². The van der Waals surface area contributed by atoms with Gasteiger partial charge in [-0.2, -0.15) is 0 Å². The molecule has 1 fully saturated rings. The van der Waals surface area contributed by atoms with Crippen LogP contribution in [-0.4, -0.2) is 31.7 Å². The lowest BCUT2D eigenvalue weighted by atomic mass is 9.79. The van der Waals surface area contributed by atoms with Crippen LogP contribution in [0.2, 0.25) is 0 Å². The number of hydrogen-bond donors (Lipinski definition) is 2. The van der Waals surface area contributed by atoms with E-state index in [1.807, 2.05) is 19.1 Å². The zero-order chi connectivity index (χ0) is 15.3. The third kappa shape index (κ3) is 4.45. The maximum atomic E-state index is 12.6. The molecule has 22 heavy (non-hydrogen) atoms. The minimum absolute atomic E-state index is 0. The fraction of sp³-hybridized carbons (Fsp3) is 0.588. The topological polar surface area (TPSA) is 64.4 Å². The van der Waals surface area contributed by atoms with Gasteiger partial charge in [-0.05, 0) is 44.2 Å². The molecule has 1 aromatic rings. The zero-order valence-electron chi connectivity index (χ0n) is 13.4. The van der Waals surface area contributed by atoms with Crippen LogP contribution in [-0.2, 0) is 16.0 Å². The number of aryl methyl sites for hydroxylation is 1. The molecule has 4 nitrogen and oxygen atoms in total. The Morgan fingerprint density at radius 2 is 2.00 bits per heavy atom. The Bertz CT molecular complexity index is 487. The summed E-state index contributed by atoms with van der Waals surface area (Å²) in [7, 11) is 0. The first-order valence-electron chi connectivity index (χ1n) is 7.71. The maximum Gasteiger partial charge on any atom is 0.227 e. The van der Waals surface area contributed by atoms with Crippen LogP contribution in [0.25, 0.3) is 0 Å². The Balaban J connectivity index is 0.00000242. The number of amides is 1. The number of nitrogens with one attached hydrogen (secondary N) is 1. The highest BCUT2D eigenvalue weighted by atomic mass is 35.5. The normalized spacial score (nSPS) is 18.1. The van der Waals surface area contributed by atoms with Crippen LogP contribution >= 0.6 is 12.4 Å². The third-order valence-corrected chi connectivity index (χ3v) is 4.49. The summed E-state index contributed by atoms with van der Waals surface area (Å²) in [5, 5.41) is 3.14. The first-order chi connectivity index (χ1) is 10.1. The van der Waals surface area contributed by atoms with E-state index < -0.39 is 5.41 Å². The Labute approximate surface area is 139 Å². The smallest absolute Gasteiger partial charge is 0.227 e. The van der Waals surface area contributed by atoms with Crippen LogP contribution in [0.1, 0.15) is 30.9 Å². The molecule has 1 aliphatic rings. The van der Waals surface area contributed by atoms with Crippen molar-refractivity contribution in [2.75, 3.05) is 19.8 Å². The summed E-state index contributed by atoms with van der Waals surface area (Å²) in [4.78, 5) is 12.6. The van der Waals surface area contributed by atoms with E-state index in [4.69, 9.17) is 10.5 Å². The van der Waals surface area contributed by atoms with Gasteiger partial charge in [0.05, 0.1) is 5.41 Å². The second-order valence-electron chi connectivity index (χ2n) is 6.10. The molecule has 1 unspecified atom stereocenters. The van der Waals surface area contributed by atoms with Gasteiger partial charge >= 0.3 is 0 Å². The van der Waals surface area contributed by atoms with Gasteiger partial charge in [-0.25, -0.2) is 0 Å². The molecule has 2 rings (SSSR count). The van der Waals surface area contributed by atoms with Crippen LogP contribution in [0, 0.1) is 12.3 Å². The Kier molecular flexibility index (Phi) is 7.33. The van der Waals surface area contributed by atoms with Gasteiger partial charge < -0.3 is 15.8 Å². The standard InChI is InChI=1S/C17H26N2O2.ClH/c1-13-5-3-4-6-15(13)11-14(2)19-16(20)17(12-18)7-9-21-10-8-17;/h3-6,14H,7-12,18H2,1-2H3,(H,19,20);1H. The van der Waals surface area contributed by atoms with Crippen molar-refractivity contribution in [1.29, 1.82) is 0 Å². The second kappa shape index (κ2) is 8.51. The van der Waals surface area contributed by atoms with Gasteiger partial charge in [0, 0.05) is 25.8 Å². The Morgan fingerprint density at radius 1 is 1.36 bits per heavy atom. The van der Waals surface area contributed by atoms with Gasteiger partial charge in [0.1, 0.15) is 0 Å². The van der Waals surface area contributed by atoms with E-state index in [9.17, 15) is 4.79 Å². The number of hydrogen-bond acceptors (Lipinski definition) is 3. The molecule has 1 amide bonds. The average Bonchev–Trinajstić information content (AvgIpc) is 2.50. The maximum absolute atomic E-state index is 12.6. The van der Waals surface area contributed by atoms with Crippen LogP contribution in [0.3, 0.4) is 0 Å². The van der Waals surface area contributed by atoms with Gasteiger partial charge in [-0.3, -0.25) is 4.79 Å². The van der Waals surface area contributed by atoms with Crippen LogP contribution < -0.4 is 11.1 Å². The molecule has 1 aliphatic heterocycles. The molecule has 0 bridgehead atoms. The van der Waals surface area contributed by atoms with Crippen molar-refractivity contribution in [3.63, 3.8) is 0 Å². The lowest BCUT2D eigenvalue weighted by Crippen LogP contribution is -2.51. The Morgan fingerprint density at radius 3 is 2.59 bits per heavy atom. The lowest BCUT2D eigenvalue weighted by Gasteiger charge is -2.35. The fourth-order valence-electron chi connectivity index (χ4n) is 2.88. The molecule has 124 valence electrons. The first kappa shape index (κ1) is 18.9. The summed E-state index contributed by atoms with van der Waals surface area (Å²) in [6, 6.07) is 8.39. The lowest BCUT2D eigenvalue weighted by molar-refractivity contribution is -0.136. The van der Waals surface area contributed by atoms with Crippen molar-refractivity contribution >= 4 is 18.3 Å². The molecule has 0 saturated carbocycles. The summed E-state index contributed by atoms with van der Waals surface area (Å²) in [6.07, 6.45) is 2.27. The van der Waals surface area contributed by atoms with Crippen LogP contribution in [0.4, 0.5) is 0 Å². The second-order valence-corrected chi connectivity index (χ2v) is 6.10. The van der Waals surface area contributed by atoms with Crippen molar-refractivity contribution in [3.05, 3.63) is 35.4 Å². The fourth-order valence-corrected chi connectivity index (χ4v) is 2.88. The monoisotopic (exact) mass is 326 g/mol. The van der Waals surface area contributed by atoms with E-state index >= 15 is 0 Å². The van der Waals surface area contributed by atoms with E-state index in [0.717, 1.165) is 6.42 Å². The zero-order valence-corrected chi connectivity index (χ0v) is 14.2. The van der Waals surface area contributed by atoms with Crippen molar-refractivity contribution in [1.82, 2.24) is 5.32 Å². The van der Waals surface area contributed by atoms with E-state index in [1.54, 1.807) is 0 Å². The number of rotatable bonds is 5. The average molecular weight is 327 g/mol. The van der Waals surface area contributed by atoms with E-state index in [0.29, 0.717) is 32.6 Å². The molecular formula is C17H27ClN2O2. The van der Waals surface area contributed by atoms with Crippen LogP contribution in [0.5, 0.6) is 0 Å². The van der Waals surface area contributed by atoms with E-state index in [1.165, 1.54) is 11.1 Å². The van der Waals surface area contributed by atoms with Gasteiger partial charge in [0.2, 0.25) is 5.91 Å². The van der Waals surface area contributed by atoms with Crippen molar-refractivity contribution in [2.45, 2.75) is 39.2 Å². The summed E-state index contributed by atoms with van der Waals surface area (Å²) < 4.78 is 5.36. The minimum atomic E-state index is -0.446. The molecule has 1 saturated heterocycles. The SMILES string of the molecule is Cc1ccccc1CC(C)NC(=O)C1(CN)CCOCC1.Cl. The molecule has 0 aliphatic carbocycles. The molecule has 5 heteroatoms. The number of halogens is 1. The largest absolute Gasteiger partial charge is 0.381 e. The number of benzene rings is 1. The van der Waals surface area contributed by atoms with E-state index in [2.05, 4.69) is 24.4 Å². The molecule has 0 radical (unpaired) electrons. The van der Waals surface area contributed by atoms with Gasteiger partial charge in [0.25, 0.3) is 0 Å². The molecule has 0 aromatic heterocycles. The molecular weight excluding hydrogens is 300 g/mol. The predicted molar refractivity (Wildman–Crippen MR) is 91.3 cm³/mol. The summed E-state index contributed by atoms with van der Waals surface area (Å²) >= 11 is 0. The number of carbonyl (C=O) groups is 1. The minimum Gasteiger partial charge on any atom is -0.381 e. The number of carbonyl (C=O) groups excluding carboxylic acids is 1. The highest BCUT2D eigenvalue weighted by Crippen LogP contribution is 2.29. The first-order valence-corrected chi connectivity index (χ1v) is 7.71. The molecule has 3 N–H and O–H groups in total. The van der Waals surface area contributed by atoms with Crippen molar-refractivity contribution < 1.29 is 9.53 Å². The van der Waals surface area contributed by atoms with E-state index in [-0.39, 0.29) is 24.4 Å². The van der Waals surface area contributed by atoms with Gasteiger partial charge in [-0.15, -0.1) is 12.4 Å². The summed E-state index contributed by atoms with van der Waals surface area (Å²) in [6.45, 7) is 5.78. The molecule has 0 spiro atoms. The highest BCUT2D eigenvalue weighted by molar-refractivity contribution is 5.85. The number of nitrogens with two attached hydrogens (primary N) is 1. The molecule has 1 atom stereocenters. The van der Waals surface area contributed by atoms with Gasteiger partial charge in [0.15, 0.2) is 0 Å². The third-order valence-electron chi connectivity index (χ3n) is 4.49. The van der Waals surface area contributed by atoms with Gasteiger partial charge in [-0.1, -0.05) is 24.3 Å². The highest BCUT2D eigenvalue weighted by Gasteiger charge is 2.39. The summed E-state index contributed by atoms with van der Waals surface area (Å²) in [5.41, 5.74) is 7.97. The number of ether oxygens (including phenoxy) is 1. The Hall–Kier alpha value is -1.10. The van der Waals surface area contributed by atoms with Crippen molar-refractivity contribution in [2.24, 2.45) is 11.1 Å². The molecule has 1 heterocycles. The molecule has 1 aromatic carbocycles. The summed E-state index contributed by atoms with van der Waals surface area (Å²) in [5.74, 6) is 0.0781. The predicted octanol–water partition coefficient (Wildman–Crippen LogP) is 2.22.